The van der Waals surface area contributed by atoms with Gasteiger partial charge in [0.1, 0.15) is 5.75 Å². The summed E-state index contributed by atoms with van der Waals surface area (Å²) < 4.78 is 5.64. The second-order valence-electron chi connectivity index (χ2n) is 6.79. The minimum atomic E-state index is -0.439. The Hall–Kier alpha value is -2.62. The summed E-state index contributed by atoms with van der Waals surface area (Å²) in [6.07, 6.45) is 0.192. The van der Waals surface area contributed by atoms with Gasteiger partial charge in [0.05, 0.1) is 5.92 Å². The molecule has 0 unspecified atom stereocenters. The summed E-state index contributed by atoms with van der Waals surface area (Å²) in [6, 6.07) is 11.7. The van der Waals surface area contributed by atoms with Crippen molar-refractivity contribution in [2.75, 3.05) is 11.4 Å². The number of carbonyl (C=O) groups excluding carboxylic acids is 2. The third-order valence-electron chi connectivity index (χ3n) is 4.78. The van der Waals surface area contributed by atoms with Crippen LogP contribution in [-0.4, -0.2) is 18.4 Å². The summed E-state index contributed by atoms with van der Waals surface area (Å²) in [5, 5.41) is 0. The van der Waals surface area contributed by atoms with Crippen LogP contribution in [0, 0.1) is 33.6 Å². The smallest absolute Gasteiger partial charge is 0.316 e. The summed E-state index contributed by atoms with van der Waals surface area (Å²) in [4.78, 5) is 26.8. The van der Waals surface area contributed by atoms with Crippen LogP contribution in [0.15, 0.2) is 36.4 Å². The van der Waals surface area contributed by atoms with Crippen molar-refractivity contribution in [3.63, 3.8) is 0 Å². The van der Waals surface area contributed by atoms with Crippen LogP contribution in [0.2, 0.25) is 0 Å². The SMILES string of the molecule is Cc1cccc(C)c1OC(=O)[C@@H]1CC(=O)N(c2c(C)cccc2C)C1. The van der Waals surface area contributed by atoms with Crippen molar-refractivity contribution in [2.45, 2.75) is 34.1 Å². The molecule has 130 valence electrons. The van der Waals surface area contributed by atoms with Gasteiger partial charge < -0.3 is 9.64 Å². The number of anilines is 1. The van der Waals surface area contributed by atoms with Crippen molar-refractivity contribution in [3.05, 3.63) is 58.7 Å². The van der Waals surface area contributed by atoms with Crippen LogP contribution < -0.4 is 9.64 Å². The maximum absolute atomic E-state index is 12.6. The van der Waals surface area contributed by atoms with Gasteiger partial charge in [-0.2, -0.15) is 0 Å². The number of hydrogen-bond acceptors (Lipinski definition) is 3. The predicted octanol–water partition coefficient (Wildman–Crippen LogP) is 3.88. The van der Waals surface area contributed by atoms with Gasteiger partial charge in [0.2, 0.25) is 5.91 Å². The molecule has 1 fully saturated rings. The van der Waals surface area contributed by atoms with E-state index >= 15 is 0 Å². The van der Waals surface area contributed by atoms with Gasteiger partial charge in [-0.25, -0.2) is 0 Å². The average Bonchev–Trinajstić information content (AvgIpc) is 2.93. The van der Waals surface area contributed by atoms with Crippen molar-refractivity contribution < 1.29 is 14.3 Å². The molecule has 1 saturated heterocycles. The standard InChI is InChI=1S/C21H23NO3/c1-13-7-5-8-14(2)19(13)22-12-17(11-18(22)23)21(24)25-20-15(3)9-6-10-16(20)4/h5-10,17H,11-12H2,1-4H3/t17-/m1/s1. The fourth-order valence-electron chi connectivity index (χ4n) is 3.46. The monoisotopic (exact) mass is 337 g/mol. The molecule has 0 aromatic heterocycles. The molecule has 3 rings (SSSR count). The van der Waals surface area contributed by atoms with E-state index in [9.17, 15) is 9.59 Å². The Kier molecular flexibility index (Phi) is 4.62. The van der Waals surface area contributed by atoms with Crippen molar-refractivity contribution in [3.8, 4) is 5.75 Å². The van der Waals surface area contributed by atoms with Crippen molar-refractivity contribution >= 4 is 17.6 Å². The topological polar surface area (TPSA) is 46.6 Å². The maximum Gasteiger partial charge on any atom is 0.316 e. The van der Waals surface area contributed by atoms with Crippen molar-refractivity contribution in [1.29, 1.82) is 0 Å². The molecule has 1 heterocycles. The molecule has 2 aromatic rings. The number of para-hydroxylation sites is 2. The molecule has 25 heavy (non-hydrogen) atoms. The Morgan fingerprint density at radius 2 is 1.48 bits per heavy atom. The van der Waals surface area contributed by atoms with E-state index in [1.807, 2.05) is 64.1 Å². The molecule has 2 aromatic carbocycles. The molecule has 1 amide bonds. The second kappa shape index (κ2) is 6.71. The Bertz CT molecular complexity index is 801. The largest absolute Gasteiger partial charge is 0.426 e. The molecule has 0 aliphatic carbocycles. The van der Waals surface area contributed by atoms with E-state index in [4.69, 9.17) is 4.74 Å². The molecular formula is C21H23NO3. The quantitative estimate of drug-likeness (QED) is 0.631. The highest BCUT2D eigenvalue weighted by atomic mass is 16.5. The summed E-state index contributed by atoms with van der Waals surface area (Å²) in [5.41, 5.74) is 4.83. The number of rotatable bonds is 3. The van der Waals surface area contributed by atoms with Gasteiger partial charge >= 0.3 is 5.97 Å². The third kappa shape index (κ3) is 3.29. The molecular weight excluding hydrogens is 314 g/mol. The number of ether oxygens (including phenoxy) is 1. The van der Waals surface area contributed by atoms with Gasteiger partial charge in [-0.3, -0.25) is 9.59 Å². The number of amides is 1. The van der Waals surface area contributed by atoms with Gasteiger partial charge in [-0.1, -0.05) is 36.4 Å². The van der Waals surface area contributed by atoms with E-state index in [0.29, 0.717) is 12.3 Å². The predicted molar refractivity (Wildman–Crippen MR) is 97.9 cm³/mol. The Morgan fingerprint density at radius 3 is 2.04 bits per heavy atom. The number of hydrogen-bond donors (Lipinski definition) is 0. The zero-order valence-electron chi connectivity index (χ0n) is 15.1. The number of carbonyl (C=O) groups is 2. The van der Waals surface area contributed by atoms with Crippen LogP contribution in [0.3, 0.4) is 0 Å². The Labute approximate surface area is 148 Å². The first-order chi connectivity index (χ1) is 11.9. The van der Waals surface area contributed by atoms with E-state index in [0.717, 1.165) is 27.9 Å². The second-order valence-corrected chi connectivity index (χ2v) is 6.79. The van der Waals surface area contributed by atoms with E-state index < -0.39 is 5.92 Å². The summed E-state index contributed by atoms with van der Waals surface area (Å²) in [7, 11) is 0. The lowest BCUT2D eigenvalue weighted by atomic mass is 10.1. The molecule has 1 aliphatic rings. The average molecular weight is 337 g/mol. The van der Waals surface area contributed by atoms with Crippen LogP contribution in [-0.2, 0) is 9.59 Å². The first-order valence-corrected chi connectivity index (χ1v) is 8.53. The molecule has 0 bridgehead atoms. The van der Waals surface area contributed by atoms with Crippen molar-refractivity contribution in [2.24, 2.45) is 5.92 Å². The third-order valence-corrected chi connectivity index (χ3v) is 4.78. The fourth-order valence-corrected chi connectivity index (χ4v) is 3.46. The number of benzene rings is 2. The first kappa shape index (κ1) is 17.2. The molecule has 0 spiro atoms. The van der Waals surface area contributed by atoms with Gasteiger partial charge in [-0.05, 0) is 49.9 Å². The van der Waals surface area contributed by atoms with Gasteiger partial charge in [-0.15, -0.1) is 0 Å². The normalized spacial score (nSPS) is 17.0. The van der Waals surface area contributed by atoms with Crippen LogP contribution >= 0.6 is 0 Å². The molecule has 0 radical (unpaired) electrons. The molecule has 0 N–H and O–H groups in total. The Morgan fingerprint density at radius 1 is 0.960 bits per heavy atom. The summed E-state index contributed by atoms with van der Waals surface area (Å²) in [6.45, 7) is 8.17. The van der Waals surface area contributed by atoms with E-state index in [1.54, 1.807) is 4.90 Å². The minimum absolute atomic E-state index is 0.0270. The minimum Gasteiger partial charge on any atom is -0.426 e. The summed E-state index contributed by atoms with van der Waals surface area (Å²) >= 11 is 0. The molecule has 0 saturated carbocycles. The molecule has 4 heteroatoms. The van der Waals surface area contributed by atoms with Gasteiger partial charge in [0.15, 0.2) is 0 Å². The molecule has 1 aliphatic heterocycles. The molecule has 4 nitrogen and oxygen atoms in total. The highest BCUT2D eigenvalue weighted by Gasteiger charge is 2.37. The fraction of sp³-hybridized carbons (Fsp3) is 0.333. The highest BCUT2D eigenvalue weighted by Crippen LogP contribution is 2.32. The highest BCUT2D eigenvalue weighted by molar-refractivity contribution is 6.00. The van der Waals surface area contributed by atoms with Crippen LogP contribution in [0.1, 0.15) is 28.7 Å². The van der Waals surface area contributed by atoms with Gasteiger partial charge in [0, 0.05) is 18.7 Å². The van der Waals surface area contributed by atoms with E-state index in [1.165, 1.54) is 0 Å². The first-order valence-electron chi connectivity index (χ1n) is 8.53. The lowest BCUT2D eigenvalue weighted by Gasteiger charge is -2.21. The zero-order valence-corrected chi connectivity index (χ0v) is 15.1. The maximum atomic E-state index is 12.6. The summed E-state index contributed by atoms with van der Waals surface area (Å²) in [5.74, 6) is -0.198. The number of aryl methyl sites for hydroxylation is 4. The lowest BCUT2D eigenvalue weighted by Crippen LogP contribution is -2.28. The zero-order chi connectivity index (χ0) is 18.1. The molecule has 1 atom stereocenters. The Balaban J connectivity index is 1.80. The number of nitrogens with zero attached hydrogens (tertiary/aromatic N) is 1. The van der Waals surface area contributed by atoms with Gasteiger partial charge in [0.25, 0.3) is 0 Å². The number of esters is 1. The van der Waals surface area contributed by atoms with E-state index in [2.05, 4.69) is 0 Å². The van der Waals surface area contributed by atoms with Crippen LogP contribution in [0.5, 0.6) is 5.75 Å². The van der Waals surface area contributed by atoms with Crippen LogP contribution in [0.25, 0.3) is 0 Å². The van der Waals surface area contributed by atoms with E-state index in [-0.39, 0.29) is 18.3 Å². The van der Waals surface area contributed by atoms with Crippen LogP contribution in [0.4, 0.5) is 5.69 Å². The van der Waals surface area contributed by atoms with Crippen molar-refractivity contribution in [1.82, 2.24) is 0 Å². The lowest BCUT2D eigenvalue weighted by molar-refractivity contribution is -0.139.